The van der Waals surface area contributed by atoms with E-state index in [1.807, 2.05) is 44.2 Å². The number of carbonyl (C=O) groups is 1. The van der Waals surface area contributed by atoms with Gasteiger partial charge in [-0.25, -0.2) is 0 Å². The second kappa shape index (κ2) is 5.88. The number of amides is 1. The Bertz CT molecular complexity index is 615. The van der Waals surface area contributed by atoms with Gasteiger partial charge in [-0.05, 0) is 50.1 Å². The van der Waals surface area contributed by atoms with Gasteiger partial charge < -0.3 is 10.4 Å². The zero-order chi connectivity index (χ0) is 14.7. The molecule has 0 heterocycles. The van der Waals surface area contributed by atoms with Gasteiger partial charge in [0.2, 0.25) is 0 Å². The van der Waals surface area contributed by atoms with E-state index in [1.54, 1.807) is 19.1 Å². The number of aliphatic hydroxyl groups excluding tert-OH is 1. The summed E-state index contributed by atoms with van der Waals surface area (Å²) in [5.74, 6) is -0.115. The Morgan fingerprint density at radius 2 is 1.75 bits per heavy atom. The molecule has 0 aliphatic rings. The fourth-order valence-electron chi connectivity index (χ4n) is 2.02. The molecule has 3 nitrogen and oxygen atoms in total. The number of aryl methyl sites for hydroxylation is 2. The molecule has 0 aliphatic heterocycles. The van der Waals surface area contributed by atoms with Crippen molar-refractivity contribution in [3.8, 4) is 0 Å². The highest BCUT2D eigenvalue weighted by Gasteiger charge is 2.09. The quantitative estimate of drug-likeness (QED) is 0.894. The van der Waals surface area contributed by atoms with Gasteiger partial charge in [0.05, 0.1) is 6.10 Å². The fourth-order valence-corrected chi connectivity index (χ4v) is 2.02. The molecule has 0 saturated carbocycles. The number of rotatable bonds is 3. The number of carbonyl (C=O) groups excluding carboxylic acids is 1. The van der Waals surface area contributed by atoms with Crippen LogP contribution >= 0.6 is 0 Å². The van der Waals surface area contributed by atoms with E-state index in [1.165, 1.54) is 0 Å². The van der Waals surface area contributed by atoms with Crippen LogP contribution in [0.2, 0.25) is 0 Å². The van der Waals surface area contributed by atoms with E-state index in [-0.39, 0.29) is 5.91 Å². The van der Waals surface area contributed by atoms with Crippen molar-refractivity contribution in [2.75, 3.05) is 5.32 Å². The molecule has 0 aromatic heterocycles. The van der Waals surface area contributed by atoms with Gasteiger partial charge in [-0.1, -0.05) is 29.8 Å². The van der Waals surface area contributed by atoms with Gasteiger partial charge in [0.15, 0.2) is 0 Å². The van der Waals surface area contributed by atoms with Crippen molar-refractivity contribution in [2.24, 2.45) is 0 Å². The molecule has 0 bridgehead atoms. The zero-order valence-corrected chi connectivity index (χ0v) is 12.0. The van der Waals surface area contributed by atoms with Crippen LogP contribution in [0.4, 0.5) is 5.69 Å². The van der Waals surface area contributed by atoms with Crippen LogP contribution in [0.5, 0.6) is 0 Å². The average molecular weight is 269 g/mol. The number of nitrogens with one attached hydrogen (secondary N) is 1. The van der Waals surface area contributed by atoms with Gasteiger partial charge in [0, 0.05) is 11.3 Å². The third-order valence-corrected chi connectivity index (χ3v) is 3.29. The average Bonchev–Trinajstić information content (AvgIpc) is 2.42. The first-order valence-electron chi connectivity index (χ1n) is 6.64. The molecule has 2 aromatic rings. The van der Waals surface area contributed by atoms with Crippen LogP contribution in [-0.2, 0) is 0 Å². The molecule has 104 valence electrons. The summed E-state index contributed by atoms with van der Waals surface area (Å²) >= 11 is 0. The first-order chi connectivity index (χ1) is 9.47. The summed E-state index contributed by atoms with van der Waals surface area (Å²) in [6.45, 7) is 5.60. The predicted octanol–water partition coefficient (Wildman–Crippen LogP) is 3.61. The first kappa shape index (κ1) is 14.3. The summed E-state index contributed by atoms with van der Waals surface area (Å²) in [4.78, 5) is 12.2. The molecule has 3 heteroatoms. The van der Waals surface area contributed by atoms with E-state index < -0.39 is 6.10 Å². The van der Waals surface area contributed by atoms with Crippen LogP contribution in [0.1, 0.15) is 40.1 Å². The predicted molar refractivity (Wildman–Crippen MR) is 80.9 cm³/mol. The highest BCUT2D eigenvalue weighted by atomic mass is 16.3. The van der Waals surface area contributed by atoms with Gasteiger partial charge in [0.1, 0.15) is 0 Å². The molecular formula is C17H19NO2. The van der Waals surface area contributed by atoms with Crippen molar-refractivity contribution in [1.29, 1.82) is 0 Å². The van der Waals surface area contributed by atoms with Crippen LogP contribution in [0.3, 0.4) is 0 Å². The lowest BCUT2D eigenvalue weighted by Gasteiger charge is -2.10. The highest BCUT2D eigenvalue weighted by Crippen LogP contribution is 2.17. The summed E-state index contributed by atoms with van der Waals surface area (Å²) in [5, 5.41) is 12.3. The number of hydrogen-bond acceptors (Lipinski definition) is 2. The monoisotopic (exact) mass is 269 g/mol. The van der Waals surface area contributed by atoms with Gasteiger partial charge in [0.25, 0.3) is 5.91 Å². The molecule has 0 radical (unpaired) electrons. The molecule has 20 heavy (non-hydrogen) atoms. The lowest BCUT2D eigenvalue weighted by molar-refractivity contribution is 0.102. The molecule has 0 aliphatic carbocycles. The molecule has 1 unspecified atom stereocenters. The van der Waals surface area contributed by atoms with E-state index in [0.29, 0.717) is 5.56 Å². The minimum Gasteiger partial charge on any atom is -0.389 e. The maximum absolute atomic E-state index is 12.2. The molecule has 1 amide bonds. The minimum atomic E-state index is -0.501. The van der Waals surface area contributed by atoms with Crippen LogP contribution in [0.25, 0.3) is 0 Å². The van der Waals surface area contributed by atoms with Crippen LogP contribution in [0, 0.1) is 13.8 Å². The largest absolute Gasteiger partial charge is 0.389 e. The zero-order valence-electron chi connectivity index (χ0n) is 12.0. The molecule has 2 aromatic carbocycles. The molecular weight excluding hydrogens is 250 g/mol. The summed E-state index contributed by atoms with van der Waals surface area (Å²) in [6.07, 6.45) is -0.501. The van der Waals surface area contributed by atoms with Gasteiger partial charge in [-0.15, -0.1) is 0 Å². The Kier molecular flexibility index (Phi) is 4.20. The second-order valence-corrected chi connectivity index (χ2v) is 5.07. The van der Waals surface area contributed by atoms with E-state index in [2.05, 4.69) is 5.32 Å². The van der Waals surface area contributed by atoms with Crippen LogP contribution in [-0.4, -0.2) is 11.0 Å². The number of benzene rings is 2. The van der Waals surface area contributed by atoms with Crippen molar-refractivity contribution < 1.29 is 9.90 Å². The Hall–Kier alpha value is -2.13. The SMILES string of the molecule is Cc1ccc(C)c(C(=O)Nc2ccc(C(C)O)cc2)c1. The van der Waals surface area contributed by atoms with Crippen molar-refractivity contribution in [2.45, 2.75) is 26.9 Å². The van der Waals surface area contributed by atoms with E-state index in [9.17, 15) is 9.90 Å². The highest BCUT2D eigenvalue weighted by molar-refractivity contribution is 6.05. The van der Waals surface area contributed by atoms with Crippen molar-refractivity contribution >= 4 is 11.6 Å². The molecule has 0 spiro atoms. The van der Waals surface area contributed by atoms with Crippen molar-refractivity contribution in [3.05, 3.63) is 64.7 Å². The first-order valence-corrected chi connectivity index (χ1v) is 6.64. The van der Waals surface area contributed by atoms with Gasteiger partial charge in [-0.2, -0.15) is 0 Å². The summed E-state index contributed by atoms with van der Waals surface area (Å²) < 4.78 is 0. The van der Waals surface area contributed by atoms with E-state index >= 15 is 0 Å². The lowest BCUT2D eigenvalue weighted by Crippen LogP contribution is -2.13. The third kappa shape index (κ3) is 3.25. The summed E-state index contributed by atoms with van der Waals surface area (Å²) in [6, 6.07) is 13.0. The smallest absolute Gasteiger partial charge is 0.255 e. The summed E-state index contributed by atoms with van der Waals surface area (Å²) in [7, 11) is 0. The maximum Gasteiger partial charge on any atom is 0.255 e. The molecule has 2 rings (SSSR count). The standard InChI is InChI=1S/C17H19NO2/c1-11-4-5-12(2)16(10-11)17(20)18-15-8-6-14(7-9-15)13(3)19/h4-10,13,19H,1-3H3,(H,18,20). The summed E-state index contributed by atoms with van der Waals surface area (Å²) in [5.41, 5.74) is 4.25. The molecule has 2 N–H and O–H groups in total. The number of anilines is 1. The Labute approximate surface area is 119 Å². The van der Waals surface area contributed by atoms with Crippen molar-refractivity contribution in [3.63, 3.8) is 0 Å². The third-order valence-electron chi connectivity index (χ3n) is 3.29. The van der Waals surface area contributed by atoms with Gasteiger partial charge in [-0.3, -0.25) is 4.79 Å². The van der Waals surface area contributed by atoms with Crippen LogP contribution < -0.4 is 5.32 Å². The van der Waals surface area contributed by atoms with Crippen LogP contribution in [0.15, 0.2) is 42.5 Å². The van der Waals surface area contributed by atoms with Crippen molar-refractivity contribution in [1.82, 2.24) is 0 Å². The Morgan fingerprint density at radius 3 is 2.35 bits per heavy atom. The fraction of sp³-hybridized carbons (Fsp3) is 0.235. The molecule has 1 atom stereocenters. The molecule has 0 fully saturated rings. The Morgan fingerprint density at radius 1 is 1.10 bits per heavy atom. The topological polar surface area (TPSA) is 49.3 Å². The normalized spacial score (nSPS) is 12.0. The van der Waals surface area contributed by atoms with E-state index in [4.69, 9.17) is 0 Å². The lowest BCUT2D eigenvalue weighted by atomic mass is 10.0. The van der Waals surface area contributed by atoms with E-state index in [0.717, 1.165) is 22.4 Å². The van der Waals surface area contributed by atoms with Gasteiger partial charge >= 0.3 is 0 Å². The number of aliphatic hydroxyl groups is 1. The Balaban J connectivity index is 2.17. The second-order valence-electron chi connectivity index (χ2n) is 5.07. The number of hydrogen-bond donors (Lipinski definition) is 2. The molecule has 0 saturated heterocycles. The minimum absolute atomic E-state index is 0.115. The maximum atomic E-state index is 12.2.